The van der Waals surface area contributed by atoms with Gasteiger partial charge in [-0.15, -0.1) is 0 Å². The average molecular weight is 442 g/mol. The minimum absolute atomic E-state index is 0.167. The van der Waals surface area contributed by atoms with Crippen LogP contribution in [0.2, 0.25) is 0 Å². The van der Waals surface area contributed by atoms with Gasteiger partial charge >= 0.3 is 6.03 Å². The Morgan fingerprint density at radius 1 is 1.16 bits per heavy atom. The van der Waals surface area contributed by atoms with Gasteiger partial charge in [-0.05, 0) is 80.2 Å². The Morgan fingerprint density at radius 2 is 1.94 bits per heavy atom. The van der Waals surface area contributed by atoms with Crippen LogP contribution in [0.4, 0.5) is 10.5 Å². The molecule has 0 radical (unpaired) electrons. The summed E-state index contributed by atoms with van der Waals surface area (Å²) in [5.41, 5.74) is 6.71. The highest BCUT2D eigenvalue weighted by Gasteiger charge is 2.24. The number of fused-ring (bicyclic) bond motifs is 1. The number of ether oxygens (including phenoxy) is 2. The van der Waals surface area contributed by atoms with Gasteiger partial charge in [0.15, 0.2) is 0 Å². The molecule has 1 fully saturated rings. The monoisotopic (exact) mass is 441 g/mol. The van der Waals surface area contributed by atoms with Crippen molar-refractivity contribution in [3.63, 3.8) is 0 Å². The van der Waals surface area contributed by atoms with Crippen molar-refractivity contribution < 1.29 is 14.3 Å². The second kappa shape index (κ2) is 9.92. The van der Waals surface area contributed by atoms with Crippen LogP contribution in [0, 0.1) is 6.92 Å². The fourth-order valence-corrected chi connectivity index (χ4v) is 5.06. The van der Waals surface area contributed by atoms with Crippen LogP contribution >= 0.6 is 11.9 Å². The lowest BCUT2D eigenvalue weighted by atomic mass is 9.93. The summed E-state index contributed by atoms with van der Waals surface area (Å²) in [5, 5.41) is 3.12. The van der Waals surface area contributed by atoms with Crippen LogP contribution in [0.1, 0.15) is 48.8 Å². The van der Waals surface area contributed by atoms with Gasteiger partial charge < -0.3 is 14.8 Å². The number of carbonyl (C=O) groups is 1. The number of aromatic nitrogens is 1. The second-order valence-electron chi connectivity index (χ2n) is 8.33. The van der Waals surface area contributed by atoms with Crippen molar-refractivity contribution in [3.05, 3.63) is 41.1 Å². The third-order valence-electron chi connectivity index (χ3n) is 6.30. The van der Waals surface area contributed by atoms with E-state index in [4.69, 9.17) is 9.47 Å². The van der Waals surface area contributed by atoms with Gasteiger partial charge in [-0.1, -0.05) is 18.0 Å². The van der Waals surface area contributed by atoms with E-state index in [1.54, 1.807) is 13.3 Å². The highest BCUT2D eigenvalue weighted by molar-refractivity contribution is 7.97. The van der Waals surface area contributed by atoms with Gasteiger partial charge in [-0.25, -0.2) is 9.78 Å². The van der Waals surface area contributed by atoms with Crippen LogP contribution in [0.15, 0.2) is 24.4 Å². The quantitative estimate of drug-likeness (QED) is 0.597. The fourth-order valence-electron chi connectivity index (χ4n) is 4.82. The third kappa shape index (κ3) is 4.99. The highest BCUT2D eigenvalue weighted by Crippen LogP contribution is 2.41. The predicted octanol–water partition coefficient (Wildman–Crippen LogP) is 5.28. The lowest BCUT2D eigenvalue weighted by Crippen LogP contribution is -2.27. The highest BCUT2D eigenvalue weighted by atomic mass is 32.2. The molecule has 1 heterocycles. The first-order valence-corrected chi connectivity index (χ1v) is 12.2. The van der Waals surface area contributed by atoms with Crippen LogP contribution < -0.4 is 14.8 Å². The molecule has 0 spiro atoms. The SMILES string of the molecule is COC1CCC(Oc2cc(-c3c(C)cc4c(c3NC(=O)NSC)CCC4)ccn2)CC1. The summed E-state index contributed by atoms with van der Waals surface area (Å²) in [7, 11) is 1.78. The lowest BCUT2D eigenvalue weighted by Gasteiger charge is -2.27. The fraction of sp³-hybridized carbons (Fsp3) is 0.500. The normalized spacial score (nSPS) is 20.2. The summed E-state index contributed by atoms with van der Waals surface area (Å²) in [4.78, 5) is 16.9. The number of hydrogen-bond acceptors (Lipinski definition) is 5. The second-order valence-corrected chi connectivity index (χ2v) is 8.94. The van der Waals surface area contributed by atoms with Gasteiger partial charge in [0, 0.05) is 31.2 Å². The maximum absolute atomic E-state index is 12.4. The van der Waals surface area contributed by atoms with Crippen LogP contribution in [0.5, 0.6) is 5.88 Å². The minimum atomic E-state index is -0.200. The van der Waals surface area contributed by atoms with Crippen molar-refractivity contribution >= 4 is 23.7 Å². The van der Waals surface area contributed by atoms with Gasteiger partial charge in [0.2, 0.25) is 5.88 Å². The van der Waals surface area contributed by atoms with Crippen molar-refractivity contribution in [1.82, 2.24) is 9.71 Å². The van der Waals surface area contributed by atoms with Crippen LogP contribution in [0.25, 0.3) is 11.1 Å². The first kappa shape index (κ1) is 22.0. The van der Waals surface area contributed by atoms with Crippen molar-refractivity contribution in [1.29, 1.82) is 0 Å². The molecular formula is C24H31N3O3S. The summed E-state index contributed by atoms with van der Waals surface area (Å²) in [5.74, 6) is 0.637. The number of aryl methyl sites for hydroxylation is 2. The van der Waals surface area contributed by atoms with Crippen molar-refractivity contribution in [2.75, 3.05) is 18.7 Å². The first-order valence-electron chi connectivity index (χ1n) is 11.0. The van der Waals surface area contributed by atoms with Crippen molar-refractivity contribution in [3.8, 4) is 17.0 Å². The van der Waals surface area contributed by atoms with Crippen LogP contribution in [-0.4, -0.2) is 36.6 Å². The average Bonchev–Trinajstić information content (AvgIpc) is 3.23. The number of carbonyl (C=O) groups excluding carboxylic acids is 1. The minimum Gasteiger partial charge on any atom is -0.474 e. The van der Waals surface area contributed by atoms with Gasteiger partial charge in [0.1, 0.15) is 6.10 Å². The number of hydrogen-bond donors (Lipinski definition) is 2. The zero-order chi connectivity index (χ0) is 21.8. The molecule has 31 heavy (non-hydrogen) atoms. The number of methoxy groups -OCH3 is 1. The van der Waals surface area contributed by atoms with Gasteiger partial charge in [0.05, 0.1) is 11.8 Å². The van der Waals surface area contributed by atoms with Gasteiger partial charge in [-0.2, -0.15) is 0 Å². The number of nitrogens with one attached hydrogen (secondary N) is 2. The van der Waals surface area contributed by atoms with E-state index in [0.717, 1.165) is 67.3 Å². The van der Waals surface area contributed by atoms with Gasteiger partial charge in [0.25, 0.3) is 0 Å². The number of pyridine rings is 1. The molecule has 2 N–H and O–H groups in total. The number of anilines is 1. The molecule has 1 aromatic carbocycles. The maximum atomic E-state index is 12.4. The number of urea groups is 1. The molecule has 1 aromatic heterocycles. The Morgan fingerprint density at radius 3 is 2.68 bits per heavy atom. The van der Waals surface area contributed by atoms with E-state index in [9.17, 15) is 4.79 Å². The summed E-state index contributed by atoms with van der Waals surface area (Å²) in [6.07, 6.45) is 11.3. The predicted molar refractivity (Wildman–Crippen MR) is 126 cm³/mol. The Labute approximate surface area is 188 Å². The Hall–Kier alpha value is -2.25. The zero-order valence-corrected chi connectivity index (χ0v) is 19.3. The molecule has 4 rings (SSSR count). The first-order chi connectivity index (χ1) is 15.1. The molecule has 2 aliphatic rings. The molecule has 0 atom stereocenters. The Bertz CT molecular complexity index is 942. The molecule has 1 saturated carbocycles. The van der Waals surface area contributed by atoms with Gasteiger partial charge in [-0.3, -0.25) is 4.72 Å². The van der Waals surface area contributed by atoms with E-state index in [2.05, 4.69) is 28.0 Å². The van der Waals surface area contributed by atoms with E-state index < -0.39 is 0 Å². The summed E-state index contributed by atoms with van der Waals surface area (Å²) >= 11 is 1.29. The topological polar surface area (TPSA) is 72.5 Å². The van der Waals surface area contributed by atoms with E-state index in [-0.39, 0.29) is 12.1 Å². The molecule has 2 amide bonds. The number of nitrogens with zero attached hydrogens (tertiary/aromatic N) is 1. The van der Waals surface area contributed by atoms with E-state index in [1.165, 1.54) is 23.1 Å². The van der Waals surface area contributed by atoms with Crippen molar-refractivity contribution in [2.45, 2.75) is 64.1 Å². The molecule has 6 nitrogen and oxygen atoms in total. The number of amides is 2. The molecule has 0 saturated heterocycles. The molecule has 0 aliphatic heterocycles. The standard InChI is InChI=1S/C24H31N3O3S/c1-15-13-16-5-4-6-20(16)23(26-24(28)27-31-3)22(15)17-11-12-25-21(14-17)30-19-9-7-18(29-2)8-10-19/h11-14,18-19H,4-10H2,1-3H3,(H2,26,27,28). The molecule has 2 aromatic rings. The molecule has 166 valence electrons. The maximum Gasteiger partial charge on any atom is 0.329 e. The molecule has 7 heteroatoms. The molecular weight excluding hydrogens is 410 g/mol. The molecule has 0 bridgehead atoms. The van der Waals surface area contributed by atoms with Crippen molar-refractivity contribution in [2.24, 2.45) is 0 Å². The van der Waals surface area contributed by atoms with E-state index in [1.807, 2.05) is 18.4 Å². The molecule has 0 unspecified atom stereocenters. The lowest BCUT2D eigenvalue weighted by molar-refractivity contribution is 0.0314. The van der Waals surface area contributed by atoms with Crippen LogP contribution in [-0.2, 0) is 17.6 Å². The van der Waals surface area contributed by atoms with Crippen LogP contribution in [0.3, 0.4) is 0 Å². The number of rotatable bonds is 6. The Kier molecular flexibility index (Phi) is 7.02. The third-order valence-corrected chi connectivity index (χ3v) is 6.69. The number of benzene rings is 1. The van der Waals surface area contributed by atoms with E-state index >= 15 is 0 Å². The summed E-state index contributed by atoms with van der Waals surface area (Å²) < 4.78 is 14.5. The zero-order valence-electron chi connectivity index (χ0n) is 18.5. The summed E-state index contributed by atoms with van der Waals surface area (Å²) in [6.45, 7) is 2.11. The summed E-state index contributed by atoms with van der Waals surface area (Å²) in [6, 6.07) is 6.07. The smallest absolute Gasteiger partial charge is 0.329 e. The largest absolute Gasteiger partial charge is 0.474 e. The van der Waals surface area contributed by atoms with E-state index in [0.29, 0.717) is 12.0 Å². The molecule has 2 aliphatic carbocycles. The Balaban J connectivity index is 1.63.